The van der Waals surface area contributed by atoms with Crippen LogP contribution in [0.25, 0.3) is 0 Å². The van der Waals surface area contributed by atoms with Gasteiger partial charge < -0.3 is 5.11 Å². The van der Waals surface area contributed by atoms with E-state index in [9.17, 15) is 9.18 Å². The third-order valence-corrected chi connectivity index (χ3v) is 3.68. The van der Waals surface area contributed by atoms with Gasteiger partial charge in [0.15, 0.2) is 5.78 Å². The number of halogens is 1. The molecule has 1 unspecified atom stereocenters. The van der Waals surface area contributed by atoms with E-state index in [0.717, 1.165) is 12.2 Å². The molecule has 0 aliphatic rings. The third kappa shape index (κ3) is 5.33. The van der Waals surface area contributed by atoms with Gasteiger partial charge in [-0.25, -0.2) is 4.39 Å². The number of benzene rings is 1. The van der Waals surface area contributed by atoms with E-state index in [0.29, 0.717) is 17.2 Å². The molecule has 1 aromatic rings. The van der Waals surface area contributed by atoms with E-state index in [1.54, 1.807) is 11.8 Å². The molecule has 0 heterocycles. The fraction of sp³-hybridized carbons (Fsp3) is 0.462. The van der Waals surface area contributed by atoms with Crippen molar-refractivity contribution >= 4 is 17.5 Å². The van der Waals surface area contributed by atoms with E-state index in [4.69, 9.17) is 5.11 Å². The molecule has 0 amide bonds. The second kappa shape index (κ2) is 7.45. The topological polar surface area (TPSA) is 37.3 Å². The lowest BCUT2D eigenvalue weighted by molar-refractivity contribution is 0.0989. The van der Waals surface area contributed by atoms with Crippen LogP contribution >= 0.6 is 11.8 Å². The molecule has 0 saturated carbocycles. The Kier molecular flexibility index (Phi) is 6.22. The van der Waals surface area contributed by atoms with Gasteiger partial charge in [-0.05, 0) is 30.7 Å². The van der Waals surface area contributed by atoms with Crippen molar-refractivity contribution in [2.75, 3.05) is 12.4 Å². The minimum atomic E-state index is -0.326. The number of Topliss-reactive ketones (excluding diaryl/α,β-unsaturated/α-hetero) is 1. The van der Waals surface area contributed by atoms with Crippen LogP contribution in [0.2, 0.25) is 0 Å². The molecule has 17 heavy (non-hydrogen) atoms. The minimum absolute atomic E-state index is 0.0358. The van der Waals surface area contributed by atoms with E-state index in [1.807, 2.05) is 6.92 Å². The van der Waals surface area contributed by atoms with Crippen molar-refractivity contribution < 1.29 is 14.3 Å². The molecule has 1 atom stereocenters. The van der Waals surface area contributed by atoms with E-state index in [2.05, 4.69) is 0 Å². The van der Waals surface area contributed by atoms with E-state index >= 15 is 0 Å². The van der Waals surface area contributed by atoms with Crippen molar-refractivity contribution in [2.24, 2.45) is 0 Å². The second-order valence-electron chi connectivity index (χ2n) is 3.87. The van der Waals surface area contributed by atoms with Gasteiger partial charge in [0.1, 0.15) is 5.82 Å². The van der Waals surface area contributed by atoms with Crippen LogP contribution in [0.4, 0.5) is 4.39 Å². The fourth-order valence-corrected chi connectivity index (χ4v) is 2.38. The summed E-state index contributed by atoms with van der Waals surface area (Å²) in [5, 5.41) is 9.10. The molecule has 0 aliphatic carbocycles. The molecular formula is C13H17FO2S. The number of hydrogen-bond acceptors (Lipinski definition) is 3. The van der Waals surface area contributed by atoms with Crippen LogP contribution in [0, 0.1) is 5.82 Å². The lowest BCUT2D eigenvalue weighted by Gasteiger charge is -2.08. The van der Waals surface area contributed by atoms with Crippen LogP contribution in [0.3, 0.4) is 0 Å². The Balaban J connectivity index is 2.32. The largest absolute Gasteiger partial charge is 0.396 e. The Morgan fingerprint density at radius 3 is 2.65 bits per heavy atom. The highest BCUT2D eigenvalue weighted by atomic mass is 32.2. The SMILES string of the molecule is CC(CCO)SCCC(=O)c1ccc(F)cc1. The molecule has 0 aliphatic heterocycles. The summed E-state index contributed by atoms with van der Waals surface area (Å²) in [5.41, 5.74) is 0.557. The molecule has 1 aromatic carbocycles. The number of carbonyl (C=O) groups is 1. The number of rotatable bonds is 7. The van der Waals surface area contributed by atoms with Crippen LogP contribution in [0.15, 0.2) is 24.3 Å². The molecule has 0 saturated heterocycles. The molecule has 1 N–H and O–H groups in total. The first-order valence-electron chi connectivity index (χ1n) is 5.64. The number of carbonyl (C=O) groups excluding carboxylic acids is 1. The van der Waals surface area contributed by atoms with Crippen LogP contribution in [-0.4, -0.2) is 28.5 Å². The lowest BCUT2D eigenvalue weighted by atomic mass is 10.1. The predicted octanol–water partition coefficient (Wildman–Crippen LogP) is 2.90. The van der Waals surface area contributed by atoms with Crippen LogP contribution in [-0.2, 0) is 0 Å². The first-order chi connectivity index (χ1) is 8.13. The van der Waals surface area contributed by atoms with Gasteiger partial charge in [-0.1, -0.05) is 6.92 Å². The Labute approximate surface area is 105 Å². The smallest absolute Gasteiger partial charge is 0.163 e. The zero-order valence-corrected chi connectivity index (χ0v) is 10.7. The third-order valence-electron chi connectivity index (χ3n) is 2.43. The lowest BCUT2D eigenvalue weighted by Crippen LogP contribution is -2.05. The van der Waals surface area contributed by atoms with Crippen molar-refractivity contribution in [1.29, 1.82) is 0 Å². The van der Waals surface area contributed by atoms with E-state index in [-0.39, 0.29) is 18.2 Å². The highest BCUT2D eigenvalue weighted by Gasteiger charge is 2.07. The summed E-state index contributed by atoms with van der Waals surface area (Å²) in [7, 11) is 0. The summed E-state index contributed by atoms with van der Waals surface area (Å²) >= 11 is 1.67. The van der Waals surface area contributed by atoms with Crippen molar-refractivity contribution in [3.63, 3.8) is 0 Å². The molecule has 0 spiro atoms. The number of ketones is 1. The normalized spacial score (nSPS) is 12.4. The van der Waals surface area contributed by atoms with Crippen molar-refractivity contribution in [3.8, 4) is 0 Å². The molecule has 94 valence electrons. The quantitative estimate of drug-likeness (QED) is 0.762. The highest BCUT2D eigenvalue weighted by molar-refractivity contribution is 7.99. The molecule has 0 bridgehead atoms. The average Bonchev–Trinajstić information content (AvgIpc) is 2.30. The number of hydrogen-bond donors (Lipinski definition) is 1. The predicted molar refractivity (Wildman–Crippen MR) is 69.0 cm³/mol. The zero-order valence-electron chi connectivity index (χ0n) is 9.86. The molecule has 0 radical (unpaired) electrons. The minimum Gasteiger partial charge on any atom is -0.396 e. The Bertz CT molecular complexity index is 351. The van der Waals surface area contributed by atoms with Crippen molar-refractivity contribution in [1.82, 2.24) is 0 Å². The van der Waals surface area contributed by atoms with Gasteiger partial charge in [0.25, 0.3) is 0 Å². The van der Waals surface area contributed by atoms with E-state index in [1.165, 1.54) is 24.3 Å². The van der Waals surface area contributed by atoms with Crippen LogP contribution < -0.4 is 0 Å². The fourth-order valence-electron chi connectivity index (χ4n) is 1.40. The van der Waals surface area contributed by atoms with Crippen LogP contribution in [0.1, 0.15) is 30.1 Å². The van der Waals surface area contributed by atoms with Gasteiger partial charge in [-0.3, -0.25) is 4.79 Å². The second-order valence-corrected chi connectivity index (χ2v) is 5.42. The maximum Gasteiger partial charge on any atom is 0.163 e. The summed E-state index contributed by atoms with van der Waals surface area (Å²) < 4.78 is 12.7. The first-order valence-corrected chi connectivity index (χ1v) is 6.69. The maximum atomic E-state index is 12.7. The first kappa shape index (κ1) is 14.2. The Hall–Kier alpha value is -0.870. The number of aliphatic hydroxyl groups excluding tert-OH is 1. The van der Waals surface area contributed by atoms with Gasteiger partial charge in [0.05, 0.1) is 0 Å². The maximum absolute atomic E-state index is 12.7. The van der Waals surface area contributed by atoms with Gasteiger partial charge in [0, 0.05) is 29.6 Å². The van der Waals surface area contributed by atoms with Gasteiger partial charge in [-0.15, -0.1) is 0 Å². The monoisotopic (exact) mass is 256 g/mol. The summed E-state index contributed by atoms with van der Waals surface area (Å²) in [4.78, 5) is 11.7. The Morgan fingerprint density at radius 2 is 2.06 bits per heavy atom. The number of aliphatic hydroxyl groups is 1. The van der Waals surface area contributed by atoms with Gasteiger partial charge in [-0.2, -0.15) is 11.8 Å². The Morgan fingerprint density at radius 1 is 1.41 bits per heavy atom. The molecule has 2 nitrogen and oxygen atoms in total. The zero-order chi connectivity index (χ0) is 12.7. The molecule has 1 rings (SSSR count). The van der Waals surface area contributed by atoms with E-state index < -0.39 is 0 Å². The van der Waals surface area contributed by atoms with Gasteiger partial charge in [0.2, 0.25) is 0 Å². The summed E-state index contributed by atoms with van der Waals surface area (Å²) in [6.07, 6.45) is 1.20. The van der Waals surface area contributed by atoms with Crippen molar-refractivity contribution in [2.45, 2.75) is 25.0 Å². The summed E-state index contributed by atoms with van der Waals surface area (Å²) in [5.74, 6) is 0.443. The van der Waals surface area contributed by atoms with Crippen LogP contribution in [0.5, 0.6) is 0 Å². The molecule has 0 aromatic heterocycles. The summed E-state index contributed by atoms with van der Waals surface area (Å²) in [6, 6.07) is 5.63. The van der Waals surface area contributed by atoms with Gasteiger partial charge >= 0.3 is 0 Å². The number of thioether (sulfide) groups is 1. The standard InChI is InChI=1S/C13H17FO2S/c1-10(6-8-15)17-9-7-13(16)11-2-4-12(14)5-3-11/h2-5,10,15H,6-9H2,1H3. The molecule has 4 heteroatoms. The molecular weight excluding hydrogens is 239 g/mol. The average molecular weight is 256 g/mol. The highest BCUT2D eigenvalue weighted by Crippen LogP contribution is 2.16. The summed E-state index contributed by atoms with van der Waals surface area (Å²) in [6.45, 7) is 2.21. The molecule has 0 fully saturated rings. The van der Waals surface area contributed by atoms with Crippen molar-refractivity contribution in [3.05, 3.63) is 35.6 Å².